The van der Waals surface area contributed by atoms with Crippen LogP contribution in [0.2, 0.25) is 0 Å². The molecule has 0 radical (unpaired) electrons. The molecule has 0 aliphatic carbocycles. The van der Waals surface area contributed by atoms with Gasteiger partial charge in [0.15, 0.2) is 0 Å². The first-order chi connectivity index (χ1) is 5.31. The van der Waals surface area contributed by atoms with Gasteiger partial charge in [-0.15, -0.1) is 0 Å². The van der Waals surface area contributed by atoms with Gasteiger partial charge in [-0.3, -0.25) is 0 Å². The summed E-state index contributed by atoms with van der Waals surface area (Å²) in [4.78, 5) is 0. The number of nitrogens with two attached hydrogens (primary N) is 1. The van der Waals surface area contributed by atoms with E-state index in [-0.39, 0.29) is 12.6 Å². The topological polar surface area (TPSA) is 55.5 Å². The average molecular weight is 157 g/mol. The molecule has 3 N–H and O–H groups in total. The normalized spacial score (nSPS) is 44.7. The number of aliphatic hydroxyl groups is 1. The average Bonchev–Trinajstić information content (AvgIpc) is 2.62. The summed E-state index contributed by atoms with van der Waals surface area (Å²) < 4.78 is 5.62. The van der Waals surface area contributed by atoms with Crippen LogP contribution in [0.5, 0.6) is 0 Å². The lowest BCUT2D eigenvalue weighted by Gasteiger charge is -2.23. The fourth-order valence-corrected chi connectivity index (χ4v) is 2.26. The molecule has 0 aromatic rings. The SMILES string of the molecule is NC(CO)C1CC2CCC1O2. The summed E-state index contributed by atoms with van der Waals surface area (Å²) in [5, 5.41) is 8.84. The molecule has 2 saturated heterocycles. The van der Waals surface area contributed by atoms with Gasteiger partial charge >= 0.3 is 0 Å². The van der Waals surface area contributed by atoms with Crippen LogP contribution < -0.4 is 5.73 Å². The molecule has 2 bridgehead atoms. The second kappa shape index (κ2) is 2.73. The zero-order chi connectivity index (χ0) is 7.84. The molecule has 4 atom stereocenters. The second-order valence-electron chi connectivity index (χ2n) is 3.62. The van der Waals surface area contributed by atoms with E-state index in [2.05, 4.69) is 0 Å². The van der Waals surface area contributed by atoms with Gasteiger partial charge in [-0.05, 0) is 19.3 Å². The largest absolute Gasteiger partial charge is 0.395 e. The molecule has 0 spiro atoms. The molecular formula is C8H15NO2. The van der Waals surface area contributed by atoms with Gasteiger partial charge in [-0.25, -0.2) is 0 Å². The smallest absolute Gasteiger partial charge is 0.0624 e. The van der Waals surface area contributed by atoms with Crippen LogP contribution in [0.1, 0.15) is 19.3 Å². The Morgan fingerprint density at radius 1 is 1.55 bits per heavy atom. The predicted octanol–water partition coefficient (Wildman–Crippen LogP) is -0.127. The van der Waals surface area contributed by atoms with Crippen molar-refractivity contribution in [3.63, 3.8) is 0 Å². The Balaban J connectivity index is 1.96. The van der Waals surface area contributed by atoms with Crippen molar-refractivity contribution in [2.75, 3.05) is 6.61 Å². The summed E-state index contributed by atoms with van der Waals surface area (Å²) in [7, 11) is 0. The molecule has 64 valence electrons. The standard InChI is InChI=1S/C8H15NO2/c9-7(4-10)6-3-5-1-2-8(6)11-5/h5-8,10H,1-4,9H2. The first-order valence-corrected chi connectivity index (χ1v) is 4.33. The van der Waals surface area contributed by atoms with Crippen LogP contribution in [0.3, 0.4) is 0 Å². The third kappa shape index (κ3) is 1.17. The van der Waals surface area contributed by atoms with Gasteiger partial charge in [0.05, 0.1) is 18.8 Å². The monoisotopic (exact) mass is 157 g/mol. The highest BCUT2D eigenvalue weighted by Gasteiger charge is 2.42. The van der Waals surface area contributed by atoms with Crippen molar-refractivity contribution in [1.82, 2.24) is 0 Å². The number of hydrogen-bond donors (Lipinski definition) is 2. The summed E-state index contributed by atoms with van der Waals surface area (Å²) in [6.07, 6.45) is 4.19. The molecule has 0 saturated carbocycles. The molecule has 0 aromatic heterocycles. The van der Waals surface area contributed by atoms with Gasteiger partial charge in [-0.1, -0.05) is 0 Å². The van der Waals surface area contributed by atoms with E-state index in [0.717, 1.165) is 12.8 Å². The van der Waals surface area contributed by atoms with E-state index >= 15 is 0 Å². The molecule has 2 aliphatic heterocycles. The minimum atomic E-state index is -0.0645. The van der Waals surface area contributed by atoms with E-state index in [0.29, 0.717) is 18.1 Å². The van der Waals surface area contributed by atoms with Crippen molar-refractivity contribution >= 4 is 0 Å². The minimum absolute atomic E-state index is 0.0645. The number of hydrogen-bond acceptors (Lipinski definition) is 3. The lowest BCUT2D eigenvalue weighted by Crippen LogP contribution is -2.38. The number of fused-ring (bicyclic) bond motifs is 2. The van der Waals surface area contributed by atoms with E-state index in [1.54, 1.807) is 0 Å². The fraction of sp³-hybridized carbons (Fsp3) is 1.00. The summed E-state index contributed by atoms with van der Waals surface area (Å²) in [5.41, 5.74) is 5.73. The Bertz CT molecular complexity index is 151. The molecule has 2 rings (SSSR count). The van der Waals surface area contributed by atoms with E-state index < -0.39 is 0 Å². The third-order valence-electron chi connectivity index (χ3n) is 2.91. The van der Waals surface area contributed by atoms with Gasteiger partial charge in [0.25, 0.3) is 0 Å². The Labute approximate surface area is 66.5 Å². The Hall–Kier alpha value is -0.120. The van der Waals surface area contributed by atoms with Crippen LogP contribution in [0.25, 0.3) is 0 Å². The molecule has 0 amide bonds. The molecule has 3 heteroatoms. The van der Waals surface area contributed by atoms with Crippen molar-refractivity contribution in [2.45, 2.75) is 37.5 Å². The van der Waals surface area contributed by atoms with Gasteiger partial charge in [-0.2, -0.15) is 0 Å². The Morgan fingerprint density at radius 3 is 2.82 bits per heavy atom. The zero-order valence-corrected chi connectivity index (χ0v) is 6.57. The van der Waals surface area contributed by atoms with Crippen LogP contribution in [-0.4, -0.2) is 30.0 Å². The zero-order valence-electron chi connectivity index (χ0n) is 6.57. The second-order valence-corrected chi connectivity index (χ2v) is 3.62. The lowest BCUT2D eigenvalue weighted by atomic mass is 9.84. The van der Waals surface area contributed by atoms with E-state index in [4.69, 9.17) is 15.6 Å². The van der Waals surface area contributed by atoms with Gasteiger partial charge in [0, 0.05) is 12.0 Å². The van der Waals surface area contributed by atoms with Crippen molar-refractivity contribution in [1.29, 1.82) is 0 Å². The Kier molecular flexibility index (Phi) is 1.87. The maximum absolute atomic E-state index is 8.84. The van der Waals surface area contributed by atoms with Crippen molar-refractivity contribution in [3.8, 4) is 0 Å². The highest BCUT2D eigenvalue weighted by atomic mass is 16.5. The molecule has 2 aliphatic rings. The molecule has 0 aromatic carbocycles. The number of aliphatic hydroxyl groups excluding tert-OH is 1. The van der Waals surface area contributed by atoms with E-state index in [9.17, 15) is 0 Å². The number of rotatable bonds is 2. The van der Waals surface area contributed by atoms with Crippen LogP contribution in [-0.2, 0) is 4.74 Å². The molecule has 2 fully saturated rings. The van der Waals surface area contributed by atoms with Crippen molar-refractivity contribution < 1.29 is 9.84 Å². The molecule has 3 nitrogen and oxygen atoms in total. The van der Waals surface area contributed by atoms with E-state index in [1.165, 1.54) is 6.42 Å². The highest BCUT2D eigenvalue weighted by Crippen LogP contribution is 2.39. The fourth-order valence-electron chi connectivity index (χ4n) is 2.26. The van der Waals surface area contributed by atoms with E-state index in [1.807, 2.05) is 0 Å². The Morgan fingerprint density at radius 2 is 2.36 bits per heavy atom. The van der Waals surface area contributed by atoms with Crippen LogP contribution >= 0.6 is 0 Å². The summed E-state index contributed by atoms with van der Waals surface area (Å²) in [6, 6.07) is -0.0645. The lowest BCUT2D eigenvalue weighted by molar-refractivity contribution is 0.0827. The van der Waals surface area contributed by atoms with Crippen LogP contribution in [0.15, 0.2) is 0 Å². The number of ether oxygens (including phenoxy) is 1. The van der Waals surface area contributed by atoms with Crippen molar-refractivity contribution in [2.24, 2.45) is 11.7 Å². The molecule has 4 unspecified atom stereocenters. The highest BCUT2D eigenvalue weighted by molar-refractivity contribution is 4.93. The van der Waals surface area contributed by atoms with Crippen LogP contribution in [0, 0.1) is 5.92 Å². The van der Waals surface area contributed by atoms with Gasteiger partial charge < -0.3 is 15.6 Å². The molecule has 2 heterocycles. The predicted molar refractivity (Wildman–Crippen MR) is 41.1 cm³/mol. The maximum atomic E-state index is 8.84. The summed E-state index contributed by atoms with van der Waals surface area (Å²) in [6.45, 7) is 0.0945. The summed E-state index contributed by atoms with van der Waals surface area (Å²) >= 11 is 0. The van der Waals surface area contributed by atoms with Crippen molar-refractivity contribution in [3.05, 3.63) is 0 Å². The first-order valence-electron chi connectivity index (χ1n) is 4.33. The minimum Gasteiger partial charge on any atom is -0.395 e. The summed E-state index contributed by atoms with van der Waals surface area (Å²) in [5.74, 6) is 0.416. The van der Waals surface area contributed by atoms with Gasteiger partial charge in [0.1, 0.15) is 0 Å². The molecule has 11 heavy (non-hydrogen) atoms. The van der Waals surface area contributed by atoms with Crippen LogP contribution in [0.4, 0.5) is 0 Å². The first kappa shape index (κ1) is 7.53. The third-order valence-corrected chi connectivity index (χ3v) is 2.91. The van der Waals surface area contributed by atoms with Gasteiger partial charge in [0.2, 0.25) is 0 Å². The molecular weight excluding hydrogens is 142 g/mol. The maximum Gasteiger partial charge on any atom is 0.0624 e. The quantitative estimate of drug-likeness (QED) is 0.587.